The summed E-state index contributed by atoms with van der Waals surface area (Å²) in [5, 5.41) is 13.9. The van der Waals surface area contributed by atoms with Gasteiger partial charge >= 0.3 is 0 Å². The fraction of sp³-hybridized carbons (Fsp3) is 0.733. The Morgan fingerprint density at radius 2 is 2.10 bits per heavy atom. The molecule has 1 aromatic rings. The Balaban J connectivity index is 1.99. The first-order valence-electron chi connectivity index (χ1n) is 7.40. The lowest BCUT2D eigenvalue weighted by Gasteiger charge is -2.36. The molecule has 2 heterocycles. The van der Waals surface area contributed by atoms with Crippen LogP contribution in [0.5, 0.6) is 0 Å². The minimum absolute atomic E-state index is 0.157. The Labute approximate surface area is 126 Å². The van der Waals surface area contributed by atoms with Gasteiger partial charge in [-0.2, -0.15) is 10.4 Å². The fourth-order valence-electron chi connectivity index (χ4n) is 2.75. The molecule has 0 unspecified atom stereocenters. The second kappa shape index (κ2) is 6.64. The van der Waals surface area contributed by atoms with E-state index in [0.717, 1.165) is 45.4 Å². The molecule has 0 bridgehead atoms. The molecule has 1 saturated heterocycles. The van der Waals surface area contributed by atoms with Crippen molar-refractivity contribution in [1.29, 1.82) is 5.26 Å². The van der Waals surface area contributed by atoms with Crippen LogP contribution in [0.15, 0.2) is 6.07 Å². The normalized spacial score (nSPS) is 18.9. The highest BCUT2D eigenvalue weighted by Crippen LogP contribution is 2.34. The van der Waals surface area contributed by atoms with Crippen LogP contribution in [0, 0.1) is 11.3 Å². The summed E-state index contributed by atoms with van der Waals surface area (Å²) in [5.74, 6) is 0. The Bertz CT molecular complexity index is 481. The molecule has 1 aliphatic rings. The zero-order chi connectivity index (χ0) is 14.6. The molecule has 0 atom stereocenters. The van der Waals surface area contributed by atoms with Gasteiger partial charge in [-0.3, -0.25) is 9.58 Å². The van der Waals surface area contributed by atoms with Crippen molar-refractivity contribution in [2.45, 2.75) is 50.9 Å². The molecule has 0 aliphatic carbocycles. The number of nitrogens with zero attached hydrogens (tertiary/aromatic N) is 4. The van der Waals surface area contributed by atoms with Crippen molar-refractivity contribution in [2.24, 2.45) is 0 Å². The van der Waals surface area contributed by atoms with Crippen molar-refractivity contribution in [1.82, 2.24) is 14.7 Å². The van der Waals surface area contributed by atoms with E-state index in [1.165, 1.54) is 11.4 Å². The summed E-state index contributed by atoms with van der Waals surface area (Å²) < 4.78 is 1.95. The summed E-state index contributed by atoms with van der Waals surface area (Å²) in [6.45, 7) is 8.18. The van der Waals surface area contributed by atoms with E-state index in [2.05, 4.69) is 46.9 Å². The fourth-order valence-corrected chi connectivity index (χ4v) is 3.43. The van der Waals surface area contributed by atoms with Crippen molar-refractivity contribution < 1.29 is 0 Å². The van der Waals surface area contributed by atoms with Crippen molar-refractivity contribution in [3.8, 4) is 6.07 Å². The van der Waals surface area contributed by atoms with Gasteiger partial charge in [-0.15, -0.1) is 11.8 Å². The Kier molecular flexibility index (Phi) is 5.11. The quantitative estimate of drug-likeness (QED) is 0.837. The lowest BCUT2D eigenvalue weighted by Crippen LogP contribution is -2.41. The summed E-state index contributed by atoms with van der Waals surface area (Å²) in [6, 6.07) is 4.73. The van der Waals surface area contributed by atoms with Gasteiger partial charge in [-0.05, 0) is 38.5 Å². The zero-order valence-electron chi connectivity index (χ0n) is 12.7. The van der Waals surface area contributed by atoms with Crippen LogP contribution in [0.25, 0.3) is 0 Å². The Hall–Kier alpha value is -0.990. The van der Waals surface area contributed by atoms with Crippen molar-refractivity contribution in [3.63, 3.8) is 0 Å². The monoisotopic (exact) mass is 292 g/mol. The minimum Gasteiger partial charge on any atom is -0.297 e. The van der Waals surface area contributed by atoms with Crippen LogP contribution in [-0.4, -0.2) is 38.8 Å². The molecule has 0 amide bonds. The topological polar surface area (TPSA) is 44.9 Å². The molecule has 4 nitrogen and oxygen atoms in total. The molecule has 20 heavy (non-hydrogen) atoms. The standard InChI is InChI=1S/C15H24N4S/c1-4-13-10-14(19(5-2)17-13)11-18-8-6-15(12-16,20-3)7-9-18/h10H,4-9,11H2,1-3H3. The molecule has 5 heteroatoms. The summed E-state index contributed by atoms with van der Waals surface area (Å²) in [7, 11) is 0. The van der Waals surface area contributed by atoms with Crippen LogP contribution in [0.2, 0.25) is 0 Å². The average molecular weight is 292 g/mol. The first kappa shape index (κ1) is 15.4. The van der Waals surface area contributed by atoms with E-state index in [-0.39, 0.29) is 4.75 Å². The first-order valence-corrected chi connectivity index (χ1v) is 8.63. The molecule has 2 rings (SSSR count). The largest absolute Gasteiger partial charge is 0.297 e. The third-order valence-electron chi connectivity index (χ3n) is 4.22. The van der Waals surface area contributed by atoms with Gasteiger partial charge in [0, 0.05) is 26.2 Å². The van der Waals surface area contributed by atoms with E-state index in [9.17, 15) is 5.26 Å². The highest BCUT2D eigenvalue weighted by Gasteiger charge is 2.34. The molecule has 1 fully saturated rings. The number of hydrogen-bond acceptors (Lipinski definition) is 4. The Morgan fingerprint density at radius 3 is 2.60 bits per heavy atom. The van der Waals surface area contributed by atoms with E-state index < -0.39 is 0 Å². The van der Waals surface area contributed by atoms with Gasteiger partial charge < -0.3 is 0 Å². The predicted molar refractivity (Wildman–Crippen MR) is 83.6 cm³/mol. The molecular formula is C15H24N4S. The third-order valence-corrected chi connectivity index (χ3v) is 5.50. The van der Waals surface area contributed by atoms with E-state index >= 15 is 0 Å². The number of aryl methyl sites for hydroxylation is 2. The number of aromatic nitrogens is 2. The van der Waals surface area contributed by atoms with Gasteiger partial charge in [0.1, 0.15) is 4.75 Å². The van der Waals surface area contributed by atoms with E-state index in [1.807, 2.05) is 0 Å². The Morgan fingerprint density at radius 1 is 1.40 bits per heavy atom. The lowest BCUT2D eigenvalue weighted by molar-refractivity contribution is 0.204. The third kappa shape index (κ3) is 3.18. The van der Waals surface area contributed by atoms with Crippen molar-refractivity contribution in [2.75, 3.05) is 19.3 Å². The van der Waals surface area contributed by atoms with Crippen molar-refractivity contribution in [3.05, 3.63) is 17.5 Å². The van der Waals surface area contributed by atoms with E-state index in [4.69, 9.17) is 0 Å². The van der Waals surface area contributed by atoms with Gasteiger partial charge in [-0.25, -0.2) is 0 Å². The van der Waals surface area contributed by atoms with Crippen LogP contribution < -0.4 is 0 Å². The van der Waals surface area contributed by atoms with Gasteiger partial charge in [-0.1, -0.05) is 6.92 Å². The first-order chi connectivity index (χ1) is 9.66. The molecular weight excluding hydrogens is 268 g/mol. The van der Waals surface area contributed by atoms with Gasteiger partial charge in [0.25, 0.3) is 0 Å². The second-order valence-electron chi connectivity index (χ2n) is 5.38. The van der Waals surface area contributed by atoms with Crippen molar-refractivity contribution >= 4 is 11.8 Å². The SMILES string of the molecule is CCc1cc(CN2CCC(C#N)(SC)CC2)n(CC)n1. The number of nitriles is 1. The number of likely N-dealkylation sites (tertiary alicyclic amines) is 1. The van der Waals surface area contributed by atoms with E-state index in [0.29, 0.717) is 0 Å². The molecule has 0 N–H and O–H groups in total. The summed E-state index contributed by atoms with van der Waals surface area (Å²) in [6.07, 6.45) is 4.97. The zero-order valence-corrected chi connectivity index (χ0v) is 13.5. The van der Waals surface area contributed by atoms with Crippen LogP contribution in [-0.2, 0) is 19.5 Å². The highest BCUT2D eigenvalue weighted by molar-refractivity contribution is 8.00. The number of hydrogen-bond donors (Lipinski definition) is 0. The van der Waals surface area contributed by atoms with Gasteiger partial charge in [0.05, 0.1) is 17.5 Å². The number of thioether (sulfide) groups is 1. The molecule has 110 valence electrons. The van der Waals surface area contributed by atoms with Crippen LogP contribution >= 0.6 is 11.8 Å². The molecule has 0 spiro atoms. The summed E-state index contributed by atoms with van der Waals surface area (Å²) >= 11 is 1.71. The van der Waals surface area contributed by atoms with Crippen LogP contribution in [0.4, 0.5) is 0 Å². The highest BCUT2D eigenvalue weighted by atomic mass is 32.2. The molecule has 1 aliphatic heterocycles. The maximum absolute atomic E-state index is 9.33. The summed E-state index contributed by atoms with van der Waals surface area (Å²) in [4.78, 5) is 2.45. The lowest BCUT2D eigenvalue weighted by atomic mass is 9.97. The van der Waals surface area contributed by atoms with Crippen LogP contribution in [0.3, 0.4) is 0 Å². The number of piperidine rings is 1. The van der Waals surface area contributed by atoms with Gasteiger partial charge in [0.2, 0.25) is 0 Å². The molecule has 0 radical (unpaired) electrons. The second-order valence-corrected chi connectivity index (χ2v) is 6.57. The molecule has 1 aromatic heterocycles. The van der Waals surface area contributed by atoms with Gasteiger partial charge in [0.15, 0.2) is 0 Å². The smallest absolute Gasteiger partial charge is 0.104 e. The predicted octanol–water partition coefficient (Wildman–Crippen LogP) is 2.69. The maximum atomic E-state index is 9.33. The number of rotatable bonds is 5. The minimum atomic E-state index is -0.157. The maximum Gasteiger partial charge on any atom is 0.104 e. The van der Waals surface area contributed by atoms with Crippen LogP contribution in [0.1, 0.15) is 38.1 Å². The average Bonchev–Trinajstić information content (AvgIpc) is 2.90. The summed E-state index contributed by atoms with van der Waals surface area (Å²) in [5.41, 5.74) is 2.48. The molecule has 0 aromatic carbocycles. The molecule has 0 saturated carbocycles. The van der Waals surface area contributed by atoms with E-state index in [1.54, 1.807) is 11.8 Å².